The van der Waals surface area contributed by atoms with Gasteiger partial charge in [0.25, 0.3) is 0 Å². The number of pyridine rings is 1. The van der Waals surface area contributed by atoms with E-state index in [1.54, 1.807) is 6.20 Å². The zero-order valence-electron chi connectivity index (χ0n) is 17.3. The Morgan fingerprint density at radius 3 is 2.50 bits per heavy atom. The fraction of sp³-hybridized carbons (Fsp3) is 0.478. The molecule has 30 heavy (non-hydrogen) atoms. The van der Waals surface area contributed by atoms with Crippen molar-refractivity contribution < 1.29 is 5.11 Å². The monoisotopic (exact) mass is 425 g/mol. The van der Waals surface area contributed by atoms with Crippen LogP contribution in [0.25, 0.3) is 22.4 Å². The second-order valence-corrected chi connectivity index (χ2v) is 8.90. The van der Waals surface area contributed by atoms with Gasteiger partial charge in [-0.1, -0.05) is 23.7 Å². The van der Waals surface area contributed by atoms with Gasteiger partial charge in [-0.05, 0) is 43.9 Å². The molecule has 0 unspecified atom stereocenters. The fourth-order valence-corrected chi connectivity index (χ4v) is 5.06. The topological polar surface area (TPSA) is 57.4 Å². The molecule has 0 atom stereocenters. The van der Waals surface area contributed by atoms with Crippen molar-refractivity contribution in [2.45, 2.75) is 37.8 Å². The number of likely N-dealkylation sites (tertiary alicyclic amines) is 1. The van der Waals surface area contributed by atoms with Gasteiger partial charge in [-0.15, -0.1) is 0 Å². The van der Waals surface area contributed by atoms with E-state index in [2.05, 4.69) is 31.5 Å². The highest BCUT2D eigenvalue weighted by Gasteiger charge is 2.28. The Morgan fingerprint density at radius 2 is 1.77 bits per heavy atom. The van der Waals surface area contributed by atoms with E-state index in [0.717, 1.165) is 80.1 Å². The van der Waals surface area contributed by atoms with E-state index in [1.165, 1.54) is 0 Å². The zero-order valence-corrected chi connectivity index (χ0v) is 18.1. The molecule has 7 heteroatoms. The molecule has 1 aromatic carbocycles. The molecule has 2 aliphatic rings. The van der Waals surface area contributed by atoms with Crippen molar-refractivity contribution in [1.82, 2.24) is 19.4 Å². The molecule has 2 fully saturated rings. The van der Waals surface area contributed by atoms with Crippen LogP contribution < -0.4 is 4.90 Å². The number of aliphatic hydroxyl groups excluding tert-OH is 1. The van der Waals surface area contributed by atoms with Gasteiger partial charge in [0.1, 0.15) is 11.6 Å². The minimum atomic E-state index is -0.110. The molecule has 5 rings (SSSR count). The van der Waals surface area contributed by atoms with Gasteiger partial charge in [0.15, 0.2) is 0 Å². The number of imidazole rings is 1. The first-order chi connectivity index (χ1) is 14.6. The quantitative estimate of drug-likeness (QED) is 0.693. The van der Waals surface area contributed by atoms with E-state index in [1.807, 2.05) is 25.2 Å². The van der Waals surface area contributed by atoms with Gasteiger partial charge in [-0.25, -0.2) is 9.97 Å². The van der Waals surface area contributed by atoms with Crippen LogP contribution in [0.15, 0.2) is 36.5 Å². The first-order valence-corrected chi connectivity index (χ1v) is 11.2. The maximum absolute atomic E-state index is 9.76. The number of hydrogen-bond acceptors (Lipinski definition) is 5. The van der Waals surface area contributed by atoms with E-state index < -0.39 is 0 Å². The number of hydrogen-bond donors (Lipinski definition) is 1. The number of halogens is 1. The summed E-state index contributed by atoms with van der Waals surface area (Å²) in [5, 5.41) is 10.4. The molecule has 0 spiro atoms. The summed E-state index contributed by atoms with van der Waals surface area (Å²) < 4.78 is 2.09. The Balaban J connectivity index is 1.35. The Morgan fingerprint density at radius 1 is 1.03 bits per heavy atom. The number of rotatable bonds is 3. The van der Waals surface area contributed by atoms with Gasteiger partial charge in [0.2, 0.25) is 0 Å². The first-order valence-electron chi connectivity index (χ1n) is 10.8. The van der Waals surface area contributed by atoms with Crippen LogP contribution in [0, 0.1) is 0 Å². The molecule has 2 aliphatic heterocycles. The van der Waals surface area contributed by atoms with E-state index >= 15 is 0 Å². The molecule has 0 radical (unpaired) electrons. The molecule has 6 nitrogen and oxygen atoms in total. The molecule has 2 saturated heterocycles. The highest BCUT2D eigenvalue weighted by Crippen LogP contribution is 2.33. The molecule has 158 valence electrons. The van der Waals surface area contributed by atoms with Crippen molar-refractivity contribution in [2.75, 3.05) is 31.1 Å². The van der Waals surface area contributed by atoms with Crippen LogP contribution in [0.3, 0.4) is 0 Å². The smallest absolute Gasteiger partial charge is 0.142 e. The minimum Gasteiger partial charge on any atom is -0.393 e. The molecule has 4 heterocycles. The number of para-hydroxylation sites is 2. The lowest BCUT2D eigenvalue weighted by atomic mass is 9.99. The SMILES string of the molecule is Cn1c(-c2cc(N3CCC(N4CCC(O)CC4)CC3)ncc2Cl)nc2ccccc21. The van der Waals surface area contributed by atoms with Crippen LogP contribution in [-0.4, -0.2) is 62.9 Å². The second kappa shape index (κ2) is 8.17. The molecule has 0 amide bonds. The highest BCUT2D eigenvalue weighted by atomic mass is 35.5. The van der Waals surface area contributed by atoms with Crippen molar-refractivity contribution in [3.63, 3.8) is 0 Å². The number of piperidine rings is 2. The Hall–Kier alpha value is -2.15. The summed E-state index contributed by atoms with van der Waals surface area (Å²) in [6, 6.07) is 10.8. The predicted molar refractivity (Wildman–Crippen MR) is 121 cm³/mol. The molecule has 2 aromatic heterocycles. The minimum absolute atomic E-state index is 0.110. The maximum Gasteiger partial charge on any atom is 0.142 e. The lowest BCUT2D eigenvalue weighted by molar-refractivity contribution is 0.0542. The second-order valence-electron chi connectivity index (χ2n) is 8.49. The summed E-state index contributed by atoms with van der Waals surface area (Å²) in [7, 11) is 2.03. The summed E-state index contributed by atoms with van der Waals surface area (Å²) in [4.78, 5) is 14.4. The third kappa shape index (κ3) is 3.68. The van der Waals surface area contributed by atoms with Crippen LogP contribution in [-0.2, 0) is 7.05 Å². The predicted octanol–water partition coefficient (Wildman–Crippen LogP) is 3.71. The summed E-state index contributed by atoms with van der Waals surface area (Å²) in [5.41, 5.74) is 2.98. The zero-order chi connectivity index (χ0) is 20.7. The molecular formula is C23H28ClN5O. The van der Waals surface area contributed by atoms with Gasteiger partial charge in [0, 0.05) is 51.0 Å². The van der Waals surface area contributed by atoms with Crippen LogP contribution >= 0.6 is 11.6 Å². The number of aliphatic hydroxyl groups is 1. The van der Waals surface area contributed by atoms with Crippen LogP contribution in [0.2, 0.25) is 5.02 Å². The Labute approximate surface area is 182 Å². The van der Waals surface area contributed by atoms with Crippen molar-refractivity contribution in [1.29, 1.82) is 0 Å². The van der Waals surface area contributed by atoms with Crippen LogP contribution in [0.4, 0.5) is 5.82 Å². The number of fused-ring (bicyclic) bond motifs is 1. The van der Waals surface area contributed by atoms with Crippen LogP contribution in [0.1, 0.15) is 25.7 Å². The van der Waals surface area contributed by atoms with Gasteiger partial charge < -0.3 is 19.5 Å². The number of aromatic nitrogens is 3. The summed E-state index contributed by atoms with van der Waals surface area (Å²) in [6.07, 6.45) is 5.70. The van der Waals surface area contributed by atoms with Gasteiger partial charge in [-0.3, -0.25) is 0 Å². The fourth-order valence-electron chi connectivity index (χ4n) is 4.87. The number of benzene rings is 1. The first kappa shape index (κ1) is 19.8. The standard InChI is InChI=1S/C23H28ClN5O/c1-27-21-5-3-2-4-20(21)26-23(27)18-14-22(25-15-19(18)24)29-10-6-16(7-11-29)28-12-8-17(30)9-13-28/h2-5,14-17,30H,6-13H2,1H3. The average Bonchev–Trinajstić information content (AvgIpc) is 3.11. The van der Waals surface area contributed by atoms with E-state index in [9.17, 15) is 5.11 Å². The maximum atomic E-state index is 9.76. The normalized spacial score (nSPS) is 19.6. The van der Waals surface area contributed by atoms with Crippen LogP contribution in [0.5, 0.6) is 0 Å². The highest BCUT2D eigenvalue weighted by molar-refractivity contribution is 6.33. The van der Waals surface area contributed by atoms with E-state index in [4.69, 9.17) is 16.6 Å². The van der Waals surface area contributed by atoms with Gasteiger partial charge in [0.05, 0.1) is 22.2 Å². The number of aryl methyl sites for hydroxylation is 1. The molecule has 1 N–H and O–H groups in total. The van der Waals surface area contributed by atoms with Crippen molar-refractivity contribution in [3.8, 4) is 11.4 Å². The lowest BCUT2D eigenvalue weighted by Gasteiger charge is -2.41. The molecule has 0 bridgehead atoms. The Kier molecular flexibility index (Phi) is 5.39. The molecule has 0 aliphatic carbocycles. The summed E-state index contributed by atoms with van der Waals surface area (Å²) in [6.45, 7) is 4.00. The van der Waals surface area contributed by atoms with Crippen molar-refractivity contribution in [2.24, 2.45) is 7.05 Å². The third-order valence-electron chi connectivity index (χ3n) is 6.67. The summed E-state index contributed by atoms with van der Waals surface area (Å²) >= 11 is 6.54. The van der Waals surface area contributed by atoms with Crippen molar-refractivity contribution >= 4 is 28.5 Å². The molecule has 0 saturated carbocycles. The lowest BCUT2D eigenvalue weighted by Crippen LogP contribution is -2.48. The van der Waals surface area contributed by atoms with E-state index in [0.29, 0.717) is 11.1 Å². The number of nitrogens with zero attached hydrogens (tertiary/aromatic N) is 5. The van der Waals surface area contributed by atoms with Gasteiger partial charge in [-0.2, -0.15) is 0 Å². The average molecular weight is 426 g/mol. The van der Waals surface area contributed by atoms with E-state index in [-0.39, 0.29) is 6.10 Å². The summed E-state index contributed by atoms with van der Waals surface area (Å²) in [5.74, 6) is 1.83. The van der Waals surface area contributed by atoms with Gasteiger partial charge >= 0.3 is 0 Å². The largest absolute Gasteiger partial charge is 0.393 e. The molecular weight excluding hydrogens is 398 g/mol. The third-order valence-corrected chi connectivity index (χ3v) is 6.97. The van der Waals surface area contributed by atoms with Crippen molar-refractivity contribution in [3.05, 3.63) is 41.6 Å². The number of anilines is 1. The Bertz CT molecular complexity index is 1040. The molecule has 3 aromatic rings.